The summed E-state index contributed by atoms with van der Waals surface area (Å²) in [5, 5.41) is 12.3. The Kier molecular flexibility index (Phi) is 7.73. The standard InChI is InChI=1S/C29H33N7O4/c37-36(38)27-28(34-15-11-32(12-16-34)10-4-7-23-5-2-1-3-6-23)30-21-31-29(27)35-17-13-33(14-18-35)20-24-8-9-25-26(19-24)40-22-39-25/h1-9,19,21H,10-18,20,22H2/b7-4-. The van der Waals surface area contributed by atoms with Crippen LogP contribution in [0.15, 0.2) is 60.9 Å². The molecule has 0 bridgehead atoms. The van der Waals surface area contributed by atoms with E-state index >= 15 is 0 Å². The molecule has 0 unspecified atom stereocenters. The summed E-state index contributed by atoms with van der Waals surface area (Å²) in [7, 11) is 0. The summed E-state index contributed by atoms with van der Waals surface area (Å²) < 4.78 is 10.9. The summed E-state index contributed by atoms with van der Waals surface area (Å²) in [4.78, 5) is 29.5. The second-order valence-corrected chi connectivity index (χ2v) is 10.2. The molecule has 208 valence electrons. The maximum Gasteiger partial charge on any atom is 0.353 e. The van der Waals surface area contributed by atoms with Crippen LogP contribution >= 0.6 is 0 Å². The number of fused-ring (bicyclic) bond motifs is 1. The molecule has 0 N–H and O–H groups in total. The minimum atomic E-state index is -0.321. The molecule has 3 aliphatic rings. The van der Waals surface area contributed by atoms with E-state index in [4.69, 9.17) is 9.47 Å². The number of ether oxygens (including phenoxy) is 2. The summed E-state index contributed by atoms with van der Waals surface area (Å²) in [5.41, 5.74) is 2.34. The number of aromatic nitrogens is 2. The SMILES string of the molecule is O=[N+]([O-])c1c(N2CCN(C/C=C\c3ccccc3)CC2)ncnc1N1CCN(Cc2ccc3c(c2)OCO3)CC1. The average molecular weight is 544 g/mol. The maximum atomic E-state index is 12.3. The largest absolute Gasteiger partial charge is 0.454 e. The average Bonchev–Trinajstić information content (AvgIpc) is 3.46. The van der Waals surface area contributed by atoms with E-state index in [1.165, 1.54) is 11.9 Å². The van der Waals surface area contributed by atoms with Crippen molar-refractivity contribution in [3.05, 3.63) is 82.2 Å². The lowest BCUT2D eigenvalue weighted by Gasteiger charge is -2.36. The first-order valence-electron chi connectivity index (χ1n) is 13.7. The summed E-state index contributed by atoms with van der Waals surface area (Å²) in [6.07, 6.45) is 5.76. The van der Waals surface area contributed by atoms with Crippen molar-refractivity contribution in [3.63, 3.8) is 0 Å². The number of nitro groups is 1. The van der Waals surface area contributed by atoms with Crippen molar-refractivity contribution in [3.8, 4) is 11.5 Å². The zero-order chi connectivity index (χ0) is 27.3. The van der Waals surface area contributed by atoms with Crippen LogP contribution < -0.4 is 19.3 Å². The first-order chi connectivity index (χ1) is 19.6. The van der Waals surface area contributed by atoms with Gasteiger partial charge < -0.3 is 19.3 Å². The van der Waals surface area contributed by atoms with Crippen molar-refractivity contribution in [2.45, 2.75) is 6.54 Å². The molecule has 0 radical (unpaired) electrons. The third-order valence-electron chi connectivity index (χ3n) is 7.63. The van der Waals surface area contributed by atoms with E-state index in [-0.39, 0.29) is 17.4 Å². The first kappa shape index (κ1) is 26.0. The molecule has 0 amide bonds. The number of benzene rings is 2. The Hall–Kier alpha value is -4.22. The van der Waals surface area contributed by atoms with Crippen LogP contribution in [0.5, 0.6) is 11.5 Å². The van der Waals surface area contributed by atoms with Crippen LogP contribution in [0.4, 0.5) is 17.3 Å². The molecule has 2 aromatic carbocycles. The van der Waals surface area contributed by atoms with Crippen molar-refractivity contribution in [1.29, 1.82) is 0 Å². The van der Waals surface area contributed by atoms with Crippen LogP contribution in [-0.2, 0) is 6.54 Å². The van der Waals surface area contributed by atoms with Gasteiger partial charge in [0.2, 0.25) is 18.4 Å². The molecule has 3 aliphatic heterocycles. The number of hydrogen-bond acceptors (Lipinski definition) is 10. The third-order valence-corrected chi connectivity index (χ3v) is 7.63. The van der Waals surface area contributed by atoms with Crippen LogP contribution in [0, 0.1) is 10.1 Å². The van der Waals surface area contributed by atoms with Gasteiger partial charge in [0.1, 0.15) is 6.33 Å². The Balaban J connectivity index is 1.07. The van der Waals surface area contributed by atoms with Gasteiger partial charge in [-0.2, -0.15) is 0 Å². The highest BCUT2D eigenvalue weighted by atomic mass is 16.7. The Morgan fingerprint density at radius 1 is 0.825 bits per heavy atom. The molecule has 3 aromatic rings. The predicted molar refractivity (Wildman–Crippen MR) is 153 cm³/mol. The number of rotatable bonds is 8. The van der Waals surface area contributed by atoms with Gasteiger partial charge >= 0.3 is 5.69 Å². The third kappa shape index (κ3) is 5.85. The Labute approximate surface area is 233 Å². The summed E-state index contributed by atoms with van der Waals surface area (Å²) >= 11 is 0. The normalized spacial score (nSPS) is 18.0. The minimum Gasteiger partial charge on any atom is -0.454 e. The van der Waals surface area contributed by atoms with Gasteiger partial charge in [-0.15, -0.1) is 0 Å². The van der Waals surface area contributed by atoms with Gasteiger partial charge in [-0.3, -0.25) is 19.9 Å². The number of anilines is 2. The van der Waals surface area contributed by atoms with E-state index in [2.05, 4.69) is 50.1 Å². The summed E-state index contributed by atoms with van der Waals surface area (Å²) in [6.45, 7) is 7.75. The van der Waals surface area contributed by atoms with E-state index < -0.39 is 0 Å². The predicted octanol–water partition coefficient (Wildman–Crippen LogP) is 3.27. The number of piperazine rings is 2. The van der Waals surface area contributed by atoms with Crippen molar-refractivity contribution in [1.82, 2.24) is 19.8 Å². The van der Waals surface area contributed by atoms with E-state index in [0.29, 0.717) is 37.8 Å². The van der Waals surface area contributed by atoms with Crippen molar-refractivity contribution >= 4 is 23.4 Å². The topological polar surface area (TPSA) is 100 Å². The quantitative estimate of drug-likeness (QED) is 0.311. The zero-order valence-electron chi connectivity index (χ0n) is 22.4. The fourth-order valence-corrected chi connectivity index (χ4v) is 5.45. The summed E-state index contributed by atoms with van der Waals surface area (Å²) in [6, 6.07) is 16.3. The molecule has 0 aliphatic carbocycles. The number of nitrogens with zero attached hydrogens (tertiary/aromatic N) is 7. The highest BCUT2D eigenvalue weighted by molar-refractivity contribution is 5.71. The van der Waals surface area contributed by atoms with Gasteiger partial charge in [-0.05, 0) is 23.3 Å². The van der Waals surface area contributed by atoms with E-state index in [1.54, 1.807) is 0 Å². The second kappa shape index (κ2) is 11.9. The zero-order valence-corrected chi connectivity index (χ0v) is 22.4. The molecule has 0 atom stereocenters. The molecule has 1 aromatic heterocycles. The van der Waals surface area contributed by atoms with Gasteiger partial charge in [-0.25, -0.2) is 9.97 Å². The molecule has 4 heterocycles. The molecule has 6 rings (SSSR count). The monoisotopic (exact) mass is 543 g/mol. The fourth-order valence-electron chi connectivity index (χ4n) is 5.45. The van der Waals surface area contributed by atoms with E-state index in [1.807, 2.05) is 40.1 Å². The maximum absolute atomic E-state index is 12.3. The van der Waals surface area contributed by atoms with Crippen LogP contribution in [0.1, 0.15) is 11.1 Å². The number of hydrogen-bond donors (Lipinski definition) is 0. The van der Waals surface area contributed by atoms with Crippen LogP contribution in [0.2, 0.25) is 0 Å². The van der Waals surface area contributed by atoms with Crippen LogP contribution in [0.3, 0.4) is 0 Å². The van der Waals surface area contributed by atoms with Gasteiger partial charge in [0.15, 0.2) is 11.5 Å². The summed E-state index contributed by atoms with van der Waals surface area (Å²) in [5.74, 6) is 2.38. The van der Waals surface area contributed by atoms with Gasteiger partial charge in [0, 0.05) is 65.4 Å². The van der Waals surface area contributed by atoms with Crippen LogP contribution in [-0.4, -0.2) is 90.4 Å². The molecule has 11 nitrogen and oxygen atoms in total. The highest BCUT2D eigenvalue weighted by Gasteiger charge is 2.32. The minimum absolute atomic E-state index is 0.00384. The van der Waals surface area contributed by atoms with Crippen molar-refractivity contribution < 1.29 is 14.4 Å². The lowest BCUT2D eigenvalue weighted by Crippen LogP contribution is -2.48. The first-order valence-corrected chi connectivity index (χ1v) is 13.7. The molecular weight excluding hydrogens is 510 g/mol. The molecule has 2 saturated heterocycles. The molecule has 2 fully saturated rings. The lowest BCUT2D eigenvalue weighted by molar-refractivity contribution is -0.383. The van der Waals surface area contributed by atoms with Gasteiger partial charge in [-0.1, -0.05) is 48.6 Å². The second-order valence-electron chi connectivity index (χ2n) is 10.2. The molecular formula is C29H33N7O4. The van der Waals surface area contributed by atoms with E-state index in [0.717, 1.165) is 56.3 Å². The molecule has 11 heteroatoms. The van der Waals surface area contributed by atoms with Crippen LogP contribution in [0.25, 0.3) is 6.08 Å². The molecule has 0 spiro atoms. The van der Waals surface area contributed by atoms with Gasteiger partial charge in [0.05, 0.1) is 4.92 Å². The Morgan fingerprint density at radius 3 is 2.15 bits per heavy atom. The van der Waals surface area contributed by atoms with Crippen molar-refractivity contribution in [2.75, 3.05) is 75.5 Å². The Bertz CT molecular complexity index is 1350. The van der Waals surface area contributed by atoms with Gasteiger partial charge in [0.25, 0.3) is 0 Å². The van der Waals surface area contributed by atoms with E-state index in [9.17, 15) is 10.1 Å². The lowest BCUT2D eigenvalue weighted by atomic mass is 10.1. The fraction of sp³-hybridized carbons (Fsp3) is 0.379. The smallest absolute Gasteiger partial charge is 0.353 e. The Morgan fingerprint density at radius 2 is 1.48 bits per heavy atom. The molecule has 0 saturated carbocycles. The van der Waals surface area contributed by atoms with Crippen molar-refractivity contribution in [2.24, 2.45) is 0 Å². The highest BCUT2D eigenvalue weighted by Crippen LogP contribution is 2.36. The molecule has 40 heavy (non-hydrogen) atoms.